The highest BCUT2D eigenvalue weighted by atomic mass is 35.5. The molecule has 2 N–H and O–H groups in total. The number of carbonyl (C=O) groups excluding carboxylic acids is 1. The Labute approximate surface area is 121 Å². The van der Waals surface area contributed by atoms with E-state index in [9.17, 15) is 4.79 Å². The molecule has 2 aliphatic rings. The van der Waals surface area contributed by atoms with E-state index in [2.05, 4.69) is 4.90 Å². The number of nitrogens with two attached hydrogens (primary N) is 1. The summed E-state index contributed by atoms with van der Waals surface area (Å²) < 4.78 is 5.36. The molecule has 112 valence electrons. The molecule has 19 heavy (non-hydrogen) atoms. The molecule has 6 heteroatoms. The Kier molecular flexibility index (Phi) is 7.07. The molecule has 2 fully saturated rings. The maximum Gasteiger partial charge on any atom is 0.239 e. The molecular formula is C13H26ClN3O2. The Bertz CT molecular complexity index is 283. The van der Waals surface area contributed by atoms with Crippen LogP contribution in [0, 0.1) is 5.92 Å². The van der Waals surface area contributed by atoms with Gasteiger partial charge in [0.2, 0.25) is 5.91 Å². The zero-order chi connectivity index (χ0) is 13.0. The minimum absolute atomic E-state index is 0. The Hall–Kier alpha value is -0.360. The third-order valence-electron chi connectivity index (χ3n) is 3.84. The van der Waals surface area contributed by atoms with E-state index in [-0.39, 0.29) is 24.4 Å². The average molecular weight is 292 g/mol. The summed E-state index contributed by atoms with van der Waals surface area (Å²) in [5.41, 5.74) is 5.68. The molecule has 2 unspecified atom stereocenters. The molecular weight excluding hydrogens is 266 g/mol. The monoisotopic (exact) mass is 291 g/mol. The predicted octanol–water partition coefficient (Wildman–Crippen LogP) is 0.326. The van der Waals surface area contributed by atoms with Gasteiger partial charge in [-0.15, -0.1) is 12.4 Å². The van der Waals surface area contributed by atoms with E-state index in [1.165, 1.54) is 6.42 Å². The predicted molar refractivity (Wildman–Crippen MR) is 77.5 cm³/mol. The normalized spacial score (nSPS) is 26.6. The molecule has 1 amide bonds. The van der Waals surface area contributed by atoms with Crippen molar-refractivity contribution in [3.8, 4) is 0 Å². The van der Waals surface area contributed by atoms with Crippen LogP contribution in [0.25, 0.3) is 0 Å². The van der Waals surface area contributed by atoms with Crippen molar-refractivity contribution >= 4 is 18.3 Å². The first kappa shape index (κ1) is 16.7. The molecule has 0 aromatic heterocycles. The molecule has 2 aliphatic heterocycles. The number of piperidine rings is 1. The summed E-state index contributed by atoms with van der Waals surface area (Å²) in [5, 5.41) is 0. The molecule has 5 nitrogen and oxygen atoms in total. The van der Waals surface area contributed by atoms with Crippen molar-refractivity contribution in [3.05, 3.63) is 0 Å². The van der Waals surface area contributed by atoms with Crippen molar-refractivity contribution in [2.75, 3.05) is 45.9 Å². The van der Waals surface area contributed by atoms with Crippen molar-refractivity contribution in [2.45, 2.75) is 25.8 Å². The molecule has 2 saturated heterocycles. The summed E-state index contributed by atoms with van der Waals surface area (Å²) in [6.07, 6.45) is 2.33. The maximum absolute atomic E-state index is 11.9. The third kappa shape index (κ3) is 4.91. The van der Waals surface area contributed by atoms with Crippen LogP contribution in [0.1, 0.15) is 19.8 Å². The van der Waals surface area contributed by atoms with Gasteiger partial charge < -0.3 is 15.4 Å². The fourth-order valence-electron chi connectivity index (χ4n) is 2.85. The Morgan fingerprint density at radius 1 is 1.37 bits per heavy atom. The minimum Gasteiger partial charge on any atom is -0.379 e. The number of hydrogen-bond donors (Lipinski definition) is 1. The van der Waals surface area contributed by atoms with Crippen LogP contribution < -0.4 is 5.73 Å². The van der Waals surface area contributed by atoms with Crippen molar-refractivity contribution in [3.63, 3.8) is 0 Å². The Balaban J connectivity index is 0.00000180. The quantitative estimate of drug-likeness (QED) is 0.814. The highest BCUT2D eigenvalue weighted by Gasteiger charge is 2.26. The fourth-order valence-corrected chi connectivity index (χ4v) is 2.85. The number of amides is 1. The number of rotatable bonds is 3. The van der Waals surface area contributed by atoms with E-state index in [1.807, 2.05) is 4.90 Å². The average Bonchev–Trinajstić information content (AvgIpc) is 2.39. The molecule has 0 radical (unpaired) electrons. The van der Waals surface area contributed by atoms with Crippen LogP contribution in [0.2, 0.25) is 0 Å². The molecule has 0 aliphatic carbocycles. The number of carbonyl (C=O) groups is 1. The van der Waals surface area contributed by atoms with Gasteiger partial charge in [0, 0.05) is 32.7 Å². The zero-order valence-corrected chi connectivity index (χ0v) is 12.5. The second kappa shape index (κ2) is 8.04. The molecule has 0 aromatic carbocycles. The third-order valence-corrected chi connectivity index (χ3v) is 3.84. The summed E-state index contributed by atoms with van der Waals surface area (Å²) >= 11 is 0. The number of ether oxygens (including phenoxy) is 1. The van der Waals surface area contributed by atoms with Crippen LogP contribution in [0.5, 0.6) is 0 Å². The lowest BCUT2D eigenvalue weighted by molar-refractivity contribution is -0.134. The fraction of sp³-hybridized carbons (Fsp3) is 0.923. The second-order valence-corrected chi connectivity index (χ2v) is 5.49. The number of halogens is 1. The Morgan fingerprint density at radius 3 is 2.68 bits per heavy atom. The van der Waals surface area contributed by atoms with Crippen LogP contribution in [0.4, 0.5) is 0 Å². The van der Waals surface area contributed by atoms with Gasteiger partial charge >= 0.3 is 0 Å². The van der Waals surface area contributed by atoms with Crippen molar-refractivity contribution in [1.82, 2.24) is 9.80 Å². The first-order valence-electron chi connectivity index (χ1n) is 7.01. The van der Waals surface area contributed by atoms with Crippen molar-refractivity contribution < 1.29 is 9.53 Å². The first-order valence-corrected chi connectivity index (χ1v) is 7.01. The largest absolute Gasteiger partial charge is 0.379 e. The standard InChI is InChI=1S/C13H25N3O2.ClH/c1-11(14)13(17)16-4-2-3-12(10-16)9-15-5-7-18-8-6-15;/h11-12H,2-10,14H2,1H3;1H. The van der Waals surface area contributed by atoms with Crippen LogP contribution in [0.15, 0.2) is 0 Å². The van der Waals surface area contributed by atoms with Gasteiger partial charge in [-0.3, -0.25) is 9.69 Å². The van der Waals surface area contributed by atoms with E-state index in [0.29, 0.717) is 5.92 Å². The lowest BCUT2D eigenvalue weighted by Gasteiger charge is -2.37. The topological polar surface area (TPSA) is 58.8 Å². The molecule has 2 atom stereocenters. The molecule has 0 aromatic rings. The number of nitrogens with zero attached hydrogens (tertiary/aromatic N) is 2. The van der Waals surface area contributed by atoms with Gasteiger partial charge in [0.1, 0.15) is 0 Å². The van der Waals surface area contributed by atoms with E-state index in [1.54, 1.807) is 6.92 Å². The van der Waals surface area contributed by atoms with E-state index < -0.39 is 0 Å². The van der Waals surface area contributed by atoms with E-state index in [4.69, 9.17) is 10.5 Å². The van der Waals surface area contributed by atoms with Gasteiger partial charge in [-0.1, -0.05) is 0 Å². The molecule has 2 heterocycles. The van der Waals surface area contributed by atoms with Gasteiger partial charge in [0.25, 0.3) is 0 Å². The lowest BCUT2D eigenvalue weighted by atomic mass is 9.96. The number of morpholine rings is 1. The van der Waals surface area contributed by atoms with Gasteiger partial charge in [0.15, 0.2) is 0 Å². The zero-order valence-electron chi connectivity index (χ0n) is 11.7. The molecule has 0 saturated carbocycles. The van der Waals surface area contributed by atoms with Gasteiger partial charge in [-0.25, -0.2) is 0 Å². The lowest BCUT2D eigenvalue weighted by Crippen LogP contribution is -2.49. The summed E-state index contributed by atoms with van der Waals surface area (Å²) in [4.78, 5) is 16.3. The Morgan fingerprint density at radius 2 is 2.05 bits per heavy atom. The summed E-state index contributed by atoms with van der Waals surface area (Å²) in [7, 11) is 0. The molecule has 2 rings (SSSR count). The molecule has 0 bridgehead atoms. The van der Waals surface area contributed by atoms with Crippen LogP contribution in [-0.4, -0.2) is 67.7 Å². The van der Waals surface area contributed by atoms with Gasteiger partial charge in [-0.2, -0.15) is 0 Å². The summed E-state index contributed by atoms with van der Waals surface area (Å²) in [6.45, 7) is 8.34. The highest BCUT2D eigenvalue weighted by Crippen LogP contribution is 2.18. The van der Waals surface area contributed by atoms with Crippen LogP contribution in [-0.2, 0) is 9.53 Å². The number of hydrogen-bond acceptors (Lipinski definition) is 4. The molecule has 0 spiro atoms. The SMILES string of the molecule is CC(N)C(=O)N1CCCC(CN2CCOCC2)C1.Cl. The van der Waals surface area contributed by atoms with Gasteiger partial charge in [-0.05, 0) is 25.7 Å². The minimum atomic E-state index is -0.368. The smallest absolute Gasteiger partial charge is 0.239 e. The van der Waals surface area contributed by atoms with E-state index >= 15 is 0 Å². The second-order valence-electron chi connectivity index (χ2n) is 5.49. The number of likely N-dealkylation sites (tertiary alicyclic amines) is 1. The van der Waals surface area contributed by atoms with Crippen LogP contribution >= 0.6 is 12.4 Å². The van der Waals surface area contributed by atoms with Crippen molar-refractivity contribution in [2.24, 2.45) is 11.7 Å². The summed E-state index contributed by atoms with van der Waals surface area (Å²) in [5.74, 6) is 0.696. The maximum atomic E-state index is 11.9. The van der Waals surface area contributed by atoms with E-state index in [0.717, 1.165) is 52.4 Å². The van der Waals surface area contributed by atoms with Gasteiger partial charge in [0.05, 0.1) is 19.3 Å². The van der Waals surface area contributed by atoms with Crippen molar-refractivity contribution in [1.29, 1.82) is 0 Å². The highest BCUT2D eigenvalue weighted by molar-refractivity contribution is 5.85. The first-order chi connectivity index (χ1) is 8.66. The summed E-state index contributed by atoms with van der Waals surface area (Å²) in [6, 6.07) is -0.368. The van der Waals surface area contributed by atoms with Crippen LogP contribution in [0.3, 0.4) is 0 Å².